The van der Waals surface area contributed by atoms with Gasteiger partial charge in [-0.2, -0.15) is 0 Å². The number of aliphatic hydroxyl groups excluding tert-OH is 1. The zero-order valence-electron chi connectivity index (χ0n) is 16.5. The molecule has 0 bridgehead atoms. The van der Waals surface area contributed by atoms with E-state index in [9.17, 15) is 9.90 Å². The molecule has 0 heterocycles. The molecule has 5 heteroatoms. The molecule has 28 heavy (non-hydrogen) atoms. The topological polar surface area (TPSA) is 40.5 Å². The Labute approximate surface area is 177 Å². The van der Waals surface area contributed by atoms with Crippen LogP contribution in [0.3, 0.4) is 0 Å². The number of carbonyl (C=O) groups is 1. The summed E-state index contributed by atoms with van der Waals surface area (Å²) in [5.41, 5.74) is 3.46. The number of benzene rings is 2. The summed E-state index contributed by atoms with van der Waals surface area (Å²) in [5, 5.41) is 12.1. The summed E-state index contributed by atoms with van der Waals surface area (Å²) in [7, 11) is 0. The molecule has 0 aliphatic heterocycles. The van der Waals surface area contributed by atoms with Crippen LogP contribution in [-0.2, 0) is 0 Å². The first kappa shape index (κ1) is 21.3. The molecule has 150 valence electrons. The molecule has 1 aliphatic rings. The molecule has 1 N–H and O–H groups in total. The first-order valence-corrected chi connectivity index (χ1v) is 10.8. The van der Waals surface area contributed by atoms with Crippen molar-refractivity contribution in [3.8, 4) is 11.1 Å². The van der Waals surface area contributed by atoms with Gasteiger partial charge in [-0.1, -0.05) is 56.0 Å². The largest absolute Gasteiger partial charge is 0.387 e. The molecule has 1 aliphatic carbocycles. The summed E-state index contributed by atoms with van der Waals surface area (Å²) in [4.78, 5) is 15.2. The van der Waals surface area contributed by atoms with E-state index in [4.69, 9.17) is 23.2 Å². The van der Waals surface area contributed by atoms with Crippen LogP contribution < -0.4 is 0 Å². The first-order chi connectivity index (χ1) is 13.5. The fourth-order valence-electron chi connectivity index (χ4n) is 3.84. The molecule has 2 aromatic rings. The highest BCUT2D eigenvalue weighted by atomic mass is 35.5. The minimum Gasteiger partial charge on any atom is -0.387 e. The second-order valence-electron chi connectivity index (χ2n) is 7.46. The molecule has 0 saturated carbocycles. The molecule has 2 aromatic carbocycles. The Morgan fingerprint density at radius 1 is 0.929 bits per heavy atom. The fourth-order valence-corrected chi connectivity index (χ4v) is 4.24. The lowest BCUT2D eigenvalue weighted by molar-refractivity contribution is 0.104. The van der Waals surface area contributed by atoms with Crippen LogP contribution in [0.2, 0.25) is 10.0 Å². The molecule has 3 nitrogen and oxygen atoms in total. The van der Waals surface area contributed by atoms with Gasteiger partial charge in [-0.05, 0) is 66.9 Å². The number of halogens is 2. The predicted molar refractivity (Wildman–Crippen MR) is 117 cm³/mol. The molecular weight excluding hydrogens is 393 g/mol. The molecule has 0 fully saturated rings. The fraction of sp³-hybridized carbons (Fsp3) is 0.435. The van der Waals surface area contributed by atoms with Crippen LogP contribution in [-0.4, -0.2) is 35.4 Å². The molecule has 0 unspecified atom stereocenters. The molecule has 0 radical (unpaired) electrons. The van der Waals surface area contributed by atoms with Crippen LogP contribution >= 0.6 is 23.2 Å². The second kappa shape index (κ2) is 9.41. The summed E-state index contributed by atoms with van der Waals surface area (Å²) in [6.07, 6.45) is 3.73. The zero-order valence-corrected chi connectivity index (χ0v) is 18.0. The minimum atomic E-state index is -0.712. The average molecular weight is 420 g/mol. The predicted octanol–water partition coefficient (Wildman–Crippen LogP) is 6.14. The van der Waals surface area contributed by atoms with Crippen LogP contribution in [0, 0.1) is 0 Å². The molecular formula is C23H27Cl2NO2. The number of aliphatic hydroxyl groups is 1. The Kier molecular flexibility index (Phi) is 7.16. The van der Waals surface area contributed by atoms with Crippen LogP contribution in [0.25, 0.3) is 11.1 Å². The van der Waals surface area contributed by atoms with Crippen molar-refractivity contribution in [3.05, 3.63) is 57.1 Å². The highest BCUT2D eigenvalue weighted by Crippen LogP contribution is 2.43. The summed E-state index contributed by atoms with van der Waals surface area (Å²) in [6, 6.07) is 8.81. The van der Waals surface area contributed by atoms with Crippen LogP contribution in [0.5, 0.6) is 0 Å². The number of carbonyl (C=O) groups excluding carboxylic acids is 1. The number of hydrogen-bond acceptors (Lipinski definition) is 3. The number of rotatable bonds is 9. The van der Waals surface area contributed by atoms with E-state index in [2.05, 4.69) is 18.7 Å². The quantitative estimate of drug-likeness (QED) is 0.452. The monoisotopic (exact) mass is 419 g/mol. The maximum absolute atomic E-state index is 12.9. The van der Waals surface area contributed by atoms with Crippen molar-refractivity contribution in [2.75, 3.05) is 19.6 Å². The average Bonchev–Trinajstić information content (AvgIpc) is 2.95. The Hall–Kier alpha value is -1.39. The number of nitrogens with zero attached hydrogens (tertiary/aromatic N) is 1. The van der Waals surface area contributed by atoms with E-state index >= 15 is 0 Å². The van der Waals surface area contributed by atoms with Crippen molar-refractivity contribution < 1.29 is 9.90 Å². The third-order valence-electron chi connectivity index (χ3n) is 5.32. The Bertz CT molecular complexity index is 858. The SMILES string of the molecule is CCCCN(CCCC)C[C@@H](O)c1cc(Cl)cc2c1-c1ccc(Cl)cc1C2=O. The van der Waals surface area contributed by atoms with E-state index in [1.807, 2.05) is 6.07 Å². The van der Waals surface area contributed by atoms with Gasteiger partial charge < -0.3 is 10.0 Å². The van der Waals surface area contributed by atoms with Gasteiger partial charge in [0.25, 0.3) is 0 Å². The van der Waals surface area contributed by atoms with Crippen molar-refractivity contribution in [2.45, 2.75) is 45.6 Å². The van der Waals surface area contributed by atoms with Gasteiger partial charge in [-0.3, -0.25) is 4.79 Å². The number of fused-ring (bicyclic) bond motifs is 3. The summed E-state index contributed by atoms with van der Waals surface area (Å²) in [6.45, 7) is 6.80. The number of hydrogen-bond donors (Lipinski definition) is 1. The highest BCUT2D eigenvalue weighted by Gasteiger charge is 2.31. The minimum absolute atomic E-state index is 0.0859. The maximum atomic E-state index is 12.9. The molecule has 0 amide bonds. The van der Waals surface area contributed by atoms with Gasteiger partial charge in [0.05, 0.1) is 6.10 Å². The van der Waals surface area contributed by atoms with E-state index in [0.717, 1.165) is 55.5 Å². The third-order valence-corrected chi connectivity index (χ3v) is 5.77. The van der Waals surface area contributed by atoms with Crippen LogP contribution in [0.15, 0.2) is 30.3 Å². The van der Waals surface area contributed by atoms with Crippen molar-refractivity contribution in [3.63, 3.8) is 0 Å². The lowest BCUT2D eigenvalue weighted by Gasteiger charge is -2.26. The van der Waals surface area contributed by atoms with Gasteiger partial charge in [0.2, 0.25) is 0 Å². The number of unbranched alkanes of at least 4 members (excludes halogenated alkanes) is 2. The van der Waals surface area contributed by atoms with Crippen molar-refractivity contribution in [2.24, 2.45) is 0 Å². The standard InChI is InChI=1S/C23H27Cl2NO2/c1-3-5-9-26(10-6-4-2)14-21(27)19-12-16(25)13-20-22(19)17-8-7-15(24)11-18(17)23(20)28/h7-8,11-13,21,27H,3-6,9-10,14H2,1-2H3/t21-/m1/s1. The number of ketones is 1. The van der Waals surface area contributed by atoms with E-state index < -0.39 is 6.10 Å². The molecule has 3 rings (SSSR count). The smallest absolute Gasteiger partial charge is 0.194 e. The van der Waals surface area contributed by atoms with Crippen LogP contribution in [0.1, 0.15) is 67.1 Å². The van der Waals surface area contributed by atoms with Gasteiger partial charge in [0, 0.05) is 27.7 Å². The lowest BCUT2D eigenvalue weighted by Crippen LogP contribution is -2.31. The van der Waals surface area contributed by atoms with E-state index in [0.29, 0.717) is 27.7 Å². The van der Waals surface area contributed by atoms with Gasteiger partial charge in [0.1, 0.15) is 0 Å². The Balaban J connectivity index is 1.96. The lowest BCUT2D eigenvalue weighted by atomic mass is 9.95. The van der Waals surface area contributed by atoms with Gasteiger partial charge in [0.15, 0.2) is 5.78 Å². The zero-order chi connectivity index (χ0) is 20.3. The summed E-state index contributed by atoms with van der Waals surface area (Å²) >= 11 is 12.4. The normalized spacial score (nSPS) is 13.7. The Morgan fingerprint density at radius 3 is 2.21 bits per heavy atom. The third kappa shape index (κ3) is 4.44. The summed E-state index contributed by atoms with van der Waals surface area (Å²) < 4.78 is 0. The molecule has 1 atom stereocenters. The summed E-state index contributed by atoms with van der Waals surface area (Å²) in [5.74, 6) is -0.0859. The maximum Gasteiger partial charge on any atom is 0.194 e. The van der Waals surface area contributed by atoms with Crippen molar-refractivity contribution in [1.82, 2.24) is 4.90 Å². The Morgan fingerprint density at radius 2 is 1.57 bits per heavy atom. The van der Waals surface area contributed by atoms with Gasteiger partial charge >= 0.3 is 0 Å². The molecule has 0 saturated heterocycles. The van der Waals surface area contributed by atoms with Crippen molar-refractivity contribution >= 4 is 29.0 Å². The highest BCUT2D eigenvalue weighted by molar-refractivity contribution is 6.34. The van der Waals surface area contributed by atoms with Crippen molar-refractivity contribution in [1.29, 1.82) is 0 Å². The molecule has 0 spiro atoms. The molecule has 0 aromatic heterocycles. The van der Waals surface area contributed by atoms with E-state index in [1.54, 1.807) is 24.3 Å². The van der Waals surface area contributed by atoms with Crippen LogP contribution in [0.4, 0.5) is 0 Å². The van der Waals surface area contributed by atoms with E-state index in [1.165, 1.54) is 0 Å². The first-order valence-electron chi connectivity index (χ1n) is 10.0. The van der Waals surface area contributed by atoms with Gasteiger partial charge in [-0.15, -0.1) is 0 Å². The van der Waals surface area contributed by atoms with E-state index in [-0.39, 0.29) is 5.78 Å². The second-order valence-corrected chi connectivity index (χ2v) is 8.33. The van der Waals surface area contributed by atoms with Gasteiger partial charge in [-0.25, -0.2) is 0 Å².